The number of nitrogens with zero attached hydrogens (tertiary/aromatic N) is 4. The molecular weight excluding hydrogens is 833 g/mol. The van der Waals surface area contributed by atoms with E-state index in [1.54, 1.807) is 11.3 Å². The lowest BCUT2D eigenvalue weighted by molar-refractivity contribution is 1.14. The normalized spacial score (nSPS) is 13.9. The highest BCUT2D eigenvalue weighted by atomic mass is 32.1. The molecule has 14 aromatic rings. The Morgan fingerprint density at radius 1 is 0.478 bits per heavy atom. The molecule has 0 fully saturated rings. The van der Waals surface area contributed by atoms with Crippen LogP contribution < -0.4 is 0 Å². The SMILES string of the molecule is [2H]c1c([2H])c([2H])c2c(c1[2H])c1c([2H])c([2H])c([2H])c3c1c1c2c([2H])c([2H])c([2H])c1n3-c1c([N+]#[C-])c(-c2ccccc2)c(C#N)c(-n2c3cccc(-c4ccccc4)c3c3ccc4c5ccccc5sc4c32)c1-c1ccccc1. The van der Waals surface area contributed by atoms with Gasteiger partial charge in [-0.3, -0.25) is 0 Å². The highest BCUT2D eigenvalue weighted by molar-refractivity contribution is 7.26. The van der Waals surface area contributed by atoms with Crippen LogP contribution >= 0.6 is 11.3 Å². The zero-order chi connectivity index (χ0) is 53.0. The zero-order valence-electron chi connectivity index (χ0n) is 45.1. The second kappa shape index (κ2) is 14.2. The van der Waals surface area contributed by atoms with Crippen molar-refractivity contribution in [1.29, 1.82) is 5.26 Å². The summed E-state index contributed by atoms with van der Waals surface area (Å²) in [5.74, 6) is 0. The van der Waals surface area contributed by atoms with Gasteiger partial charge >= 0.3 is 0 Å². The van der Waals surface area contributed by atoms with Crippen molar-refractivity contribution in [3.05, 3.63) is 223 Å². The van der Waals surface area contributed by atoms with Crippen molar-refractivity contribution in [3.63, 3.8) is 0 Å². The summed E-state index contributed by atoms with van der Waals surface area (Å²) in [6.45, 7) is 9.37. The largest absolute Gasteiger partial charge is 0.318 e. The summed E-state index contributed by atoms with van der Waals surface area (Å²) >= 11 is 1.62. The van der Waals surface area contributed by atoms with E-state index in [1.165, 1.54) is 4.57 Å². The van der Waals surface area contributed by atoms with Gasteiger partial charge in [0.1, 0.15) is 6.07 Å². The van der Waals surface area contributed by atoms with E-state index in [0.29, 0.717) is 22.4 Å². The van der Waals surface area contributed by atoms with E-state index in [0.717, 1.165) is 53.1 Å². The standard InChI is InChI=1S/C62H34N4S/c1-64-58-53(38-20-7-3-8-21-38)48(36-63)59(66-49-30-15-27-40(37-18-5-2-6-19-37)55(49)47-35-34-46-43-26-13-14-33-52(43)67-62(46)60(47)66)54(39-22-9-4-10-23-39)61(58)65-50-31-16-28-44-41-24-11-12-25-42(41)45-29-17-32-51(65)57(45)56(44)50/h2-35H/i11D,12D,16D,17D,24D,25D,28D,29D,31D,32D. The van der Waals surface area contributed by atoms with Gasteiger partial charge < -0.3 is 9.13 Å². The third-order valence-electron chi connectivity index (χ3n) is 13.2. The summed E-state index contributed by atoms with van der Waals surface area (Å²) in [4.78, 5) is 4.35. The van der Waals surface area contributed by atoms with Gasteiger partial charge in [-0.25, -0.2) is 4.85 Å². The quantitative estimate of drug-likeness (QED) is 0.125. The van der Waals surface area contributed by atoms with E-state index < -0.39 is 60.4 Å². The second-order valence-electron chi connectivity index (χ2n) is 16.5. The van der Waals surface area contributed by atoms with Crippen LogP contribution in [-0.2, 0) is 0 Å². The molecule has 0 aliphatic rings. The Balaban J connectivity index is 1.33. The molecule has 308 valence electrons. The van der Waals surface area contributed by atoms with Crippen molar-refractivity contribution in [2.24, 2.45) is 0 Å². The van der Waals surface area contributed by atoms with Crippen LogP contribution in [0.2, 0.25) is 0 Å². The maximum atomic E-state index is 12.1. The molecule has 0 saturated heterocycles. The second-order valence-corrected chi connectivity index (χ2v) is 17.5. The van der Waals surface area contributed by atoms with Gasteiger partial charge in [-0.2, -0.15) is 5.26 Å². The Bertz CT molecular complexity index is 4940. The minimum atomic E-state index is -0.614. The fourth-order valence-electron chi connectivity index (χ4n) is 10.6. The highest BCUT2D eigenvalue weighted by Gasteiger charge is 2.33. The molecule has 0 aliphatic heterocycles. The molecule has 0 aliphatic carbocycles. The number of rotatable bonds is 5. The maximum Gasteiger partial charge on any atom is 0.220 e. The minimum Gasteiger partial charge on any atom is -0.318 e. The number of nitriles is 1. The summed E-state index contributed by atoms with van der Waals surface area (Å²) in [6.07, 6.45) is 0. The summed E-state index contributed by atoms with van der Waals surface area (Å²) in [6, 6.07) is 44.1. The number of benzene rings is 11. The minimum absolute atomic E-state index is 0.0685. The molecule has 3 aromatic heterocycles. The summed E-state index contributed by atoms with van der Waals surface area (Å²) in [7, 11) is 0. The monoisotopic (exact) mass is 876 g/mol. The van der Waals surface area contributed by atoms with Crippen LogP contribution in [0.5, 0.6) is 0 Å². The van der Waals surface area contributed by atoms with E-state index in [9.17, 15) is 22.8 Å². The first-order valence-corrected chi connectivity index (χ1v) is 22.5. The molecule has 0 N–H and O–H groups in total. The van der Waals surface area contributed by atoms with Crippen molar-refractivity contribution in [3.8, 4) is 50.8 Å². The van der Waals surface area contributed by atoms with Crippen LogP contribution in [0.25, 0.3) is 135 Å². The van der Waals surface area contributed by atoms with Crippen LogP contribution in [0.3, 0.4) is 0 Å². The number of aromatic nitrogens is 2. The van der Waals surface area contributed by atoms with Gasteiger partial charge in [0.2, 0.25) is 5.69 Å². The van der Waals surface area contributed by atoms with E-state index >= 15 is 0 Å². The molecule has 0 atom stereocenters. The van der Waals surface area contributed by atoms with Gasteiger partial charge in [0.15, 0.2) is 0 Å². The first-order valence-electron chi connectivity index (χ1n) is 26.6. The fourth-order valence-corrected chi connectivity index (χ4v) is 11.8. The van der Waals surface area contributed by atoms with Crippen LogP contribution in [0.1, 0.15) is 19.3 Å². The summed E-state index contributed by atoms with van der Waals surface area (Å²) < 4.78 is 100. The molecule has 3 heterocycles. The first kappa shape index (κ1) is 28.7. The Morgan fingerprint density at radius 3 is 1.70 bits per heavy atom. The van der Waals surface area contributed by atoms with Crippen LogP contribution in [0, 0.1) is 17.9 Å². The van der Waals surface area contributed by atoms with Crippen molar-refractivity contribution >= 4 is 102 Å². The van der Waals surface area contributed by atoms with Gasteiger partial charge in [0, 0.05) is 48.1 Å². The molecule has 0 radical (unpaired) electrons. The predicted octanol–water partition coefficient (Wildman–Crippen LogP) is 17.4. The van der Waals surface area contributed by atoms with Gasteiger partial charge in [-0.15, -0.1) is 11.3 Å². The Kier molecular flexibility index (Phi) is 6.11. The number of hydrogen-bond acceptors (Lipinski definition) is 2. The molecule has 0 unspecified atom stereocenters. The average Bonchev–Trinajstić information content (AvgIpc) is 4.37. The van der Waals surface area contributed by atoms with Crippen molar-refractivity contribution in [2.75, 3.05) is 0 Å². The lowest BCUT2D eigenvalue weighted by Gasteiger charge is -2.26. The smallest absolute Gasteiger partial charge is 0.220 e. The highest BCUT2D eigenvalue weighted by Crippen LogP contribution is 2.55. The Hall–Kier alpha value is -9.00. The van der Waals surface area contributed by atoms with Gasteiger partial charge in [-0.1, -0.05) is 182 Å². The topological polar surface area (TPSA) is 38.0 Å². The van der Waals surface area contributed by atoms with Crippen molar-refractivity contribution in [2.45, 2.75) is 0 Å². The van der Waals surface area contributed by atoms with Crippen LogP contribution in [0.4, 0.5) is 5.69 Å². The average molecular weight is 877 g/mol. The van der Waals surface area contributed by atoms with Crippen molar-refractivity contribution < 1.29 is 13.7 Å². The first-order chi connectivity index (χ1) is 37.4. The molecule has 67 heavy (non-hydrogen) atoms. The zero-order valence-corrected chi connectivity index (χ0v) is 35.9. The molecular formula is C62H34N4S. The van der Waals surface area contributed by atoms with Gasteiger partial charge in [-0.05, 0) is 68.0 Å². The molecule has 0 amide bonds. The lowest BCUT2D eigenvalue weighted by atomic mass is 9.88. The molecule has 0 bridgehead atoms. The van der Waals surface area contributed by atoms with Gasteiger partial charge in [0.25, 0.3) is 0 Å². The number of fused-ring (bicyclic) bond motifs is 10. The summed E-state index contributed by atoms with van der Waals surface area (Å²) in [5, 5.41) is 15.6. The molecule has 5 heteroatoms. The van der Waals surface area contributed by atoms with Crippen LogP contribution in [0.15, 0.2) is 206 Å². The summed E-state index contributed by atoms with van der Waals surface area (Å²) in [5.41, 5.74) is 5.31. The van der Waals surface area contributed by atoms with Gasteiger partial charge in [0.05, 0.1) is 64.0 Å². The number of hydrogen-bond donors (Lipinski definition) is 0. The Morgan fingerprint density at radius 2 is 1.06 bits per heavy atom. The van der Waals surface area contributed by atoms with E-state index in [1.807, 2.05) is 103 Å². The molecule has 11 aromatic carbocycles. The molecule has 0 spiro atoms. The maximum absolute atomic E-state index is 12.1. The predicted molar refractivity (Wildman–Crippen MR) is 281 cm³/mol. The third kappa shape index (κ3) is 5.09. The van der Waals surface area contributed by atoms with E-state index in [2.05, 4.69) is 57.9 Å². The van der Waals surface area contributed by atoms with Crippen LogP contribution in [-0.4, -0.2) is 9.13 Å². The lowest BCUT2D eigenvalue weighted by Crippen LogP contribution is -2.08. The molecule has 14 rings (SSSR count). The molecule has 4 nitrogen and oxygen atoms in total. The van der Waals surface area contributed by atoms with E-state index in [-0.39, 0.29) is 65.9 Å². The Labute approximate surface area is 402 Å². The molecule has 0 saturated carbocycles. The third-order valence-corrected chi connectivity index (χ3v) is 14.4. The van der Waals surface area contributed by atoms with E-state index in [4.69, 9.17) is 2.74 Å². The number of thiophene rings is 1. The van der Waals surface area contributed by atoms with Crippen molar-refractivity contribution in [1.82, 2.24) is 9.13 Å². The fraction of sp³-hybridized carbons (Fsp3) is 0.